The van der Waals surface area contributed by atoms with E-state index < -0.39 is 0 Å². The maximum Gasteiger partial charge on any atom is 0.148 e. The van der Waals surface area contributed by atoms with Crippen molar-refractivity contribution in [2.24, 2.45) is 0 Å². The second kappa shape index (κ2) is 12.7. The molecule has 7 heteroatoms. The van der Waals surface area contributed by atoms with Gasteiger partial charge >= 0.3 is 0 Å². The van der Waals surface area contributed by atoms with Crippen molar-refractivity contribution < 1.29 is 4.74 Å². The number of ether oxygens (including phenoxy) is 1. The number of unbranched alkanes of at least 4 members (excludes halogenated alkanes) is 3. The number of nitrogens with zero attached hydrogens (tertiary/aromatic N) is 4. The summed E-state index contributed by atoms with van der Waals surface area (Å²) in [6.07, 6.45) is 5.22. The third-order valence-corrected chi connectivity index (χ3v) is 7.94. The molecule has 0 aliphatic heterocycles. The van der Waals surface area contributed by atoms with Crippen LogP contribution in [-0.2, 0) is 6.42 Å². The van der Waals surface area contributed by atoms with Crippen LogP contribution < -0.4 is 4.74 Å². The van der Waals surface area contributed by atoms with Crippen LogP contribution in [0.15, 0.2) is 71.6 Å². The van der Waals surface area contributed by atoms with E-state index in [-0.39, 0.29) is 11.1 Å². The Morgan fingerprint density at radius 1 is 0.892 bits per heavy atom. The number of nitriles is 3. The van der Waals surface area contributed by atoms with E-state index in [2.05, 4.69) is 47.2 Å². The number of benzene rings is 1. The summed E-state index contributed by atoms with van der Waals surface area (Å²) in [7, 11) is 0. The highest BCUT2D eigenvalue weighted by atomic mass is 32.1. The molecule has 0 fully saturated rings. The lowest BCUT2D eigenvalue weighted by atomic mass is 10.1. The van der Waals surface area contributed by atoms with Crippen molar-refractivity contribution in [2.75, 3.05) is 6.61 Å². The Bertz CT molecular complexity index is 1490. The maximum atomic E-state index is 9.54. The largest absolute Gasteiger partial charge is 0.491 e. The predicted molar refractivity (Wildman–Crippen MR) is 150 cm³/mol. The SMILES string of the molecule is CCCCCCOc1ccccc1-n1c(Cc2ccc(C(C#N)=C(C#N)C#N)s2)ccc1-c1cccs1. The van der Waals surface area contributed by atoms with Crippen molar-refractivity contribution in [3.05, 3.63) is 87.1 Å². The molecule has 0 aliphatic carbocycles. The normalized spacial score (nSPS) is 10.3. The smallest absolute Gasteiger partial charge is 0.148 e. The van der Waals surface area contributed by atoms with Crippen LogP contribution in [-0.4, -0.2) is 11.2 Å². The Hall–Kier alpha value is -4.09. The second-order valence-corrected chi connectivity index (χ2v) is 10.5. The molecule has 4 rings (SSSR count). The van der Waals surface area contributed by atoms with Gasteiger partial charge in [0.05, 0.1) is 28.4 Å². The number of hydrogen-bond acceptors (Lipinski definition) is 6. The van der Waals surface area contributed by atoms with Crippen LogP contribution in [0.3, 0.4) is 0 Å². The predicted octanol–water partition coefficient (Wildman–Crippen LogP) is 8.14. The topological polar surface area (TPSA) is 85.5 Å². The minimum absolute atomic E-state index is 0.123. The summed E-state index contributed by atoms with van der Waals surface area (Å²) in [5, 5.41) is 30.1. The molecule has 1 aromatic carbocycles. The number of aromatic nitrogens is 1. The van der Waals surface area contributed by atoms with Gasteiger partial charge in [-0.15, -0.1) is 22.7 Å². The van der Waals surface area contributed by atoms with Gasteiger partial charge in [0.25, 0.3) is 0 Å². The van der Waals surface area contributed by atoms with E-state index in [1.165, 1.54) is 29.1 Å². The van der Waals surface area contributed by atoms with E-state index in [1.54, 1.807) is 11.3 Å². The molecular formula is C30H26N4OS2. The Morgan fingerprint density at radius 3 is 2.46 bits per heavy atom. The van der Waals surface area contributed by atoms with Gasteiger partial charge in [0.15, 0.2) is 0 Å². The first-order valence-corrected chi connectivity index (χ1v) is 13.9. The summed E-state index contributed by atoms with van der Waals surface area (Å²) in [6, 6.07) is 26.0. The van der Waals surface area contributed by atoms with Crippen LogP contribution in [0, 0.1) is 34.0 Å². The van der Waals surface area contributed by atoms with Gasteiger partial charge in [-0.3, -0.25) is 0 Å². The molecule has 3 aromatic heterocycles. The highest BCUT2D eigenvalue weighted by Crippen LogP contribution is 2.36. The zero-order chi connectivity index (χ0) is 26.0. The maximum absolute atomic E-state index is 9.54. The zero-order valence-electron chi connectivity index (χ0n) is 20.6. The summed E-state index contributed by atoms with van der Waals surface area (Å²) in [5.41, 5.74) is 3.13. The molecule has 0 atom stereocenters. The Kier molecular flexibility index (Phi) is 8.95. The molecule has 0 unspecified atom stereocenters. The molecule has 0 saturated carbocycles. The Morgan fingerprint density at radius 2 is 1.73 bits per heavy atom. The standard InChI is InChI=1S/C30H26N4OS2/c1-2-3-4-7-16-35-28-10-6-5-9-26(28)34-23(12-14-27(34)30-11-8-17-36-30)18-24-13-15-29(37-24)25(21-33)22(19-31)20-32/h5-6,8-15,17H,2-4,7,16,18H2,1H3. The van der Waals surface area contributed by atoms with Gasteiger partial charge < -0.3 is 9.30 Å². The third kappa shape index (κ3) is 6.01. The van der Waals surface area contributed by atoms with Gasteiger partial charge in [0.1, 0.15) is 29.5 Å². The molecule has 0 amide bonds. The van der Waals surface area contributed by atoms with E-state index in [0.717, 1.165) is 40.5 Å². The Balaban J connectivity index is 1.71. The van der Waals surface area contributed by atoms with Crippen LogP contribution in [0.25, 0.3) is 21.8 Å². The van der Waals surface area contributed by atoms with E-state index in [4.69, 9.17) is 4.74 Å². The lowest BCUT2D eigenvalue weighted by Crippen LogP contribution is -2.06. The summed E-state index contributed by atoms with van der Waals surface area (Å²) < 4.78 is 8.52. The van der Waals surface area contributed by atoms with Crippen molar-refractivity contribution in [3.63, 3.8) is 0 Å². The van der Waals surface area contributed by atoms with Gasteiger partial charge in [0, 0.05) is 21.9 Å². The molecule has 0 aliphatic rings. The second-order valence-electron chi connectivity index (χ2n) is 8.43. The molecule has 5 nitrogen and oxygen atoms in total. The first kappa shape index (κ1) is 26.0. The van der Waals surface area contributed by atoms with Crippen LogP contribution in [0.2, 0.25) is 0 Å². The highest BCUT2D eigenvalue weighted by molar-refractivity contribution is 7.13. The molecule has 0 radical (unpaired) electrons. The lowest BCUT2D eigenvalue weighted by molar-refractivity contribution is 0.304. The van der Waals surface area contributed by atoms with Crippen molar-refractivity contribution in [1.82, 2.24) is 4.57 Å². The van der Waals surface area contributed by atoms with Crippen LogP contribution in [0.1, 0.15) is 48.1 Å². The van der Waals surface area contributed by atoms with Crippen molar-refractivity contribution in [1.29, 1.82) is 15.8 Å². The zero-order valence-corrected chi connectivity index (χ0v) is 22.2. The van der Waals surface area contributed by atoms with Crippen molar-refractivity contribution in [2.45, 2.75) is 39.0 Å². The number of para-hydroxylation sites is 2. The van der Waals surface area contributed by atoms with Gasteiger partial charge in [-0.1, -0.05) is 44.4 Å². The van der Waals surface area contributed by atoms with E-state index in [0.29, 0.717) is 17.9 Å². The first-order chi connectivity index (χ1) is 18.2. The molecular weight excluding hydrogens is 496 g/mol. The molecule has 0 spiro atoms. The Labute approximate surface area is 225 Å². The quantitative estimate of drug-likeness (QED) is 0.147. The highest BCUT2D eigenvalue weighted by Gasteiger charge is 2.18. The number of thiophene rings is 2. The summed E-state index contributed by atoms with van der Waals surface area (Å²) in [4.78, 5) is 2.83. The minimum Gasteiger partial charge on any atom is -0.491 e. The van der Waals surface area contributed by atoms with Crippen LogP contribution >= 0.6 is 22.7 Å². The minimum atomic E-state index is -0.163. The van der Waals surface area contributed by atoms with E-state index >= 15 is 0 Å². The van der Waals surface area contributed by atoms with Crippen molar-refractivity contribution in [3.8, 4) is 40.2 Å². The molecule has 3 heterocycles. The van der Waals surface area contributed by atoms with Gasteiger partial charge in [-0.25, -0.2) is 0 Å². The van der Waals surface area contributed by atoms with Gasteiger partial charge in [-0.05, 0) is 54.3 Å². The summed E-state index contributed by atoms with van der Waals surface area (Å²) >= 11 is 3.13. The fraction of sp³-hybridized carbons (Fsp3) is 0.233. The number of rotatable bonds is 11. The number of hydrogen-bond donors (Lipinski definition) is 0. The molecule has 0 bridgehead atoms. The summed E-state index contributed by atoms with van der Waals surface area (Å²) in [5.74, 6) is 0.850. The van der Waals surface area contributed by atoms with E-state index in [1.807, 2.05) is 48.5 Å². The molecule has 0 N–H and O–H groups in total. The molecule has 4 aromatic rings. The summed E-state index contributed by atoms with van der Waals surface area (Å²) in [6.45, 7) is 2.88. The molecule has 184 valence electrons. The average Bonchev–Trinajstić information content (AvgIpc) is 3.69. The fourth-order valence-electron chi connectivity index (χ4n) is 4.15. The van der Waals surface area contributed by atoms with Gasteiger partial charge in [-0.2, -0.15) is 15.8 Å². The molecule has 37 heavy (non-hydrogen) atoms. The van der Waals surface area contributed by atoms with Gasteiger partial charge in [0.2, 0.25) is 0 Å². The number of allylic oxidation sites excluding steroid dienone is 2. The van der Waals surface area contributed by atoms with Crippen molar-refractivity contribution >= 4 is 28.2 Å². The third-order valence-electron chi connectivity index (χ3n) is 5.95. The average molecular weight is 523 g/mol. The van der Waals surface area contributed by atoms with Crippen LogP contribution in [0.4, 0.5) is 0 Å². The van der Waals surface area contributed by atoms with E-state index in [9.17, 15) is 15.8 Å². The molecule has 0 saturated heterocycles. The monoisotopic (exact) mass is 522 g/mol. The fourth-order valence-corrected chi connectivity index (χ4v) is 5.92. The first-order valence-electron chi connectivity index (χ1n) is 12.2. The lowest BCUT2D eigenvalue weighted by Gasteiger charge is -2.17. The van der Waals surface area contributed by atoms with Crippen LogP contribution in [0.5, 0.6) is 5.75 Å².